The maximum Gasteiger partial charge on any atom is 0.258 e. The quantitative estimate of drug-likeness (QED) is 0.733. The zero-order chi connectivity index (χ0) is 18.4. The summed E-state index contributed by atoms with van der Waals surface area (Å²) in [7, 11) is 0. The summed E-state index contributed by atoms with van der Waals surface area (Å²) in [5.74, 6) is 0.0368. The van der Waals surface area contributed by atoms with Crippen molar-refractivity contribution in [3.63, 3.8) is 0 Å². The Bertz CT molecular complexity index is 943. The number of amides is 1. The molecule has 1 aromatic heterocycles. The van der Waals surface area contributed by atoms with Crippen LogP contribution in [0.3, 0.4) is 0 Å². The average molecular weight is 343 g/mol. The van der Waals surface area contributed by atoms with Crippen LogP contribution < -0.4 is 10.6 Å². The lowest BCUT2D eigenvalue weighted by molar-refractivity contribution is 0.102. The molecule has 6 nitrogen and oxygen atoms in total. The van der Waals surface area contributed by atoms with E-state index in [4.69, 9.17) is 5.26 Å². The molecule has 0 unspecified atom stereocenters. The fourth-order valence-corrected chi connectivity index (χ4v) is 2.35. The molecule has 0 spiro atoms. The number of carbonyl (C=O) groups is 1. The molecule has 1 amide bonds. The number of carbonyl (C=O) groups excluding carboxylic acids is 1. The highest BCUT2D eigenvalue weighted by Crippen LogP contribution is 2.16. The second-order valence-corrected chi connectivity index (χ2v) is 5.58. The Balaban J connectivity index is 1.68. The first kappa shape index (κ1) is 17.1. The molecule has 1 heterocycles. The van der Waals surface area contributed by atoms with E-state index in [0.717, 1.165) is 12.1 Å². The van der Waals surface area contributed by atoms with Crippen LogP contribution in [0.15, 0.2) is 60.9 Å². The summed E-state index contributed by atoms with van der Waals surface area (Å²) >= 11 is 0. The van der Waals surface area contributed by atoms with Crippen LogP contribution in [-0.2, 0) is 6.42 Å². The molecule has 0 atom stereocenters. The Labute approximate surface area is 151 Å². The van der Waals surface area contributed by atoms with Gasteiger partial charge in [-0.1, -0.05) is 31.2 Å². The molecule has 0 bridgehead atoms. The number of rotatable bonds is 5. The maximum absolute atomic E-state index is 12.3. The van der Waals surface area contributed by atoms with E-state index < -0.39 is 0 Å². The maximum atomic E-state index is 12.3. The standard InChI is InChI=1S/C20H17N5O/c1-2-14-7-9-17(10-8-14)24-20-22-12-16(13-23-20)19(26)25-18-6-4-3-5-15(18)11-21/h3-10,12-13H,2H2,1H3,(H,25,26)(H,22,23,24). The Kier molecular flexibility index (Phi) is 5.20. The molecule has 3 rings (SSSR count). The van der Waals surface area contributed by atoms with Crippen LogP contribution >= 0.6 is 0 Å². The van der Waals surface area contributed by atoms with Gasteiger partial charge in [-0.2, -0.15) is 5.26 Å². The Morgan fingerprint density at radius 3 is 2.42 bits per heavy atom. The molecule has 0 saturated carbocycles. The molecule has 0 aliphatic heterocycles. The molecule has 0 aliphatic carbocycles. The molecule has 0 saturated heterocycles. The van der Waals surface area contributed by atoms with E-state index in [1.165, 1.54) is 18.0 Å². The van der Waals surface area contributed by atoms with Crippen molar-refractivity contribution in [2.45, 2.75) is 13.3 Å². The van der Waals surface area contributed by atoms with Gasteiger partial charge in [0.15, 0.2) is 0 Å². The Morgan fingerprint density at radius 1 is 1.08 bits per heavy atom. The van der Waals surface area contributed by atoms with Crippen molar-refractivity contribution in [1.82, 2.24) is 9.97 Å². The predicted molar refractivity (Wildman–Crippen MR) is 100 cm³/mol. The zero-order valence-electron chi connectivity index (χ0n) is 14.2. The Morgan fingerprint density at radius 2 is 1.77 bits per heavy atom. The molecule has 0 fully saturated rings. The lowest BCUT2D eigenvalue weighted by Gasteiger charge is -2.08. The third-order valence-corrected chi connectivity index (χ3v) is 3.83. The first-order valence-electron chi connectivity index (χ1n) is 8.18. The molecule has 26 heavy (non-hydrogen) atoms. The van der Waals surface area contributed by atoms with Crippen LogP contribution in [0.25, 0.3) is 0 Å². The van der Waals surface area contributed by atoms with E-state index in [0.29, 0.717) is 22.8 Å². The summed E-state index contributed by atoms with van der Waals surface area (Å²) in [4.78, 5) is 20.6. The zero-order valence-corrected chi connectivity index (χ0v) is 14.2. The van der Waals surface area contributed by atoms with Crippen LogP contribution in [0.1, 0.15) is 28.4 Å². The van der Waals surface area contributed by atoms with Crippen LogP contribution in [0.4, 0.5) is 17.3 Å². The number of aryl methyl sites for hydroxylation is 1. The van der Waals surface area contributed by atoms with Gasteiger partial charge in [0.2, 0.25) is 5.95 Å². The second kappa shape index (κ2) is 7.90. The topological polar surface area (TPSA) is 90.7 Å². The van der Waals surface area contributed by atoms with Crippen LogP contribution in [0.5, 0.6) is 0 Å². The number of anilines is 3. The highest BCUT2D eigenvalue weighted by atomic mass is 16.1. The van der Waals surface area contributed by atoms with Gasteiger partial charge in [-0.05, 0) is 36.2 Å². The number of para-hydroxylation sites is 1. The molecule has 2 N–H and O–H groups in total. The minimum Gasteiger partial charge on any atom is -0.324 e. The summed E-state index contributed by atoms with van der Waals surface area (Å²) in [6.45, 7) is 2.10. The van der Waals surface area contributed by atoms with Crippen molar-refractivity contribution >= 4 is 23.2 Å². The highest BCUT2D eigenvalue weighted by Gasteiger charge is 2.10. The number of nitriles is 1. The van der Waals surface area contributed by atoms with Gasteiger partial charge >= 0.3 is 0 Å². The predicted octanol–water partition coefficient (Wildman–Crippen LogP) is 3.91. The fourth-order valence-electron chi connectivity index (χ4n) is 2.35. The third-order valence-electron chi connectivity index (χ3n) is 3.83. The molecule has 2 aromatic carbocycles. The van der Waals surface area contributed by atoms with Crippen LogP contribution in [0, 0.1) is 11.3 Å². The summed E-state index contributed by atoms with van der Waals surface area (Å²) in [5, 5.41) is 14.9. The third kappa shape index (κ3) is 4.02. The van der Waals surface area contributed by atoms with Gasteiger partial charge in [0.05, 0.1) is 16.8 Å². The summed E-state index contributed by atoms with van der Waals surface area (Å²) in [6.07, 6.45) is 3.87. The van der Waals surface area contributed by atoms with Crippen molar-refractivity contribution < 1.29 is 4.79 Å². The van der Waals surface area contributed by atoms with Crippen LogP contribution in [0.2, 0.25) is 0 Å². The van der Waals surface area contributed by atoms with Crippen LogP contribution in [-0.4, -0.2) is 15.9 Å². The molecule has 3 aromatic rings. The minimum absolute atomic E-state index is 0.310. The smallest absolute Gasteiger partial charge is 0.258 e. The number of hydrogen-bond donors (Lipinski definition) is 2. The largest absolute Gasteiger partial charge is 0.324 e. The van der Waals surface area contributed by atoms with Gasteiger partial charge in [-0.15, -0.1) is 0 Å². The molecular weight excluding hydrogens is 326 g/mol. The number of nitrogens with zero attached hydrogens (tertiary/aromatic N) is 3. The Hall–Kier alpha value is -3.72. The first-order valence-corrected chi connectivity index (χ1v) is 8.18. The van der Waals surface area contributed by atoms with Crippen molar-refractivity contribution in [1.29, 1.82) is 5.26 Å². The number of nitrogens with one attached hydrogen (secondary N) is 2. The van der Waals surface area contributed by atoms with E-state index in [9.17, 15) is 4.79 Å². The van der Waals surface area contributed by atoms with Crippen molar-refractivity contribution in [3.05, 3.63) is 77.6 Å². The van der Waals surface area contributed by atoms with E-state index in [-0.39, 0.29) is 5.91 Å². The van der Waals surface area contributed by atoms with Crippen molar-refractivity contribution in [2.75, 3.05) is 10.6 Å². The van der Waals surface area contributed by atoms with E-state index in [1.54, 1.807) is 24.3 Å². The van der Waals surface area contributed by atoms with Gasteiger partial charge < -0.3 is 10.6 Å². The normalized spacial score (nSPS) is 10.0. The SMILES string of the molecule is CCc1ccc(Nc2ncc(C(=O)Nc3ccccc3C#N)cn2)cc1. The van der Waals surface area contributed by atoms with Gasteiger partial charge in [0, 0.05) is 18.1 Å². The summed E-state index contributed by atoms with van der Waals surface area (Å²) < 4.78 is 0. The van der Waals surface area contributed by atoms with Gasteiger partial charge in [0.25, 0.3) is 5.91 Å². The van der Waals surface area contributed by atoms with Gasteiger partial charge in [-0.3, -0.25) is 4.79 Å². The molecule has 0 radical (unpaired) electrons. The number of benzene rings is 2. The number of hydrogen-bond acceptors (Lipinski definition) is 5. The minimum atomic E-state index is -0.369. The van der Waals surface area contributed by atoms with E-state index >= 15 is 0 Å². The lowest BCUT2D eigenvalue weighted by Crippen LogP contribution is -2.14. The molecule has 128 valence electrons. The molecule has 6 heteroatoms. The van der Waals surface area contributed by atoms with E-state index in [2.05, 4.69) is 27.5 Å². The monoisotopic (exact) mass is 343 g/mol. The van der Waals surface area contributed by atoms with Crippen molar-refractivity contribution in [3.8, 4) is 6.07 Å². The first-order chi connectivity index (χ1) is 12.7. The fraction of sp³-hybridized carbons (Fsp3) is 0.100. The average Bonchev–Trinajstić information content (AvgIpc) is 2.69. The molecular formula is C20H17N5O. The van der Waals surface area contributed by atoms with Gasteiger partial charge in [0.1, 0.15) is 6.07 Å². The molecule has 0 aliphatic rings. The van der Waals surface area contributed by atoms with Crippen molar-refractivity contribution in [2.24, 2.45) is 0 Å². The highest BCUT2D eigenvalue weighted by molar-refractivity contribution is 6.04. The lowest BCUT2D eigenvalue weighted by atomic mass is 10.1. The summed E-state index contributed by atoms with van der Waals surface area (Å²) in [6, 6.07) is 16.8. The van der Waals surface area contributed by atoms with E-state index in [1.807, 2.05) is 30.3 Å². The number of aromatic nitrogens is 2. The second-order valence-electron chi connectivity index (χ2n) is 5.58. The summed E-state index contributed by atoms with van der Waals surface area (Å²) in [5.41, 5.74) is 3.29. The van der Waals surface area contributed by atoms with Gasteiger partial charge in [-0.25, -0.2) is 9.97 Å².